The van der Waals surface area contributed by atoms with E-state index in [-0.39, 0.29) is 5.78 Å². The summed E-state index contributed by atoms with van der Waals surface area (Å²) in [7, 11) is 3.18. The van der Waals surface area contributed by atoms with Crippen LogP contribution in [0.2, 0.25) is 0 Å². The van der Waals surface area contributed by atoms with E-state index in [1.807, 2.05) is 49.4 Å². The van der Waals surface area contributed by atoms with E-state index >= 15 is 0 Å². The fraction of sp³-hybridized carbons (Fsp3) is 0.167. The van der Waals surface area contributed by atoms with Crippen LogP contribution >= 0.6 is 0 Å². The number of rotatable bonds is 5. The highest BCUT2D eigenvalue weighted by atomic mass is 16.5. The van der Waals surface area contributed by atoms with E-state index in [2.05, 4.69) is 0 Å². The van der Waals surface area contributed by atoms with Gasteiger partial charge in [0.15, 0.2) is 17.3 Å². The SMILES string of the molecule is COc1ccc(/C=C\C(=O)c2ccc(C)cc2)cc1OC. The van der Waals surface area contributed by atoms with Crippen LogP contribution in [-0.2, 0) is 0 Å². The zero-order chi connectivity index (χ0) is 15.2. The van der Waals surface area contributed by atoms with Gasteiger partial charge in [-0.3, -0.25) is 4.79 Å². The van der Waals surface area contributed by atoms with Crippen molar-refractivity contribution in [1.29, 1.82) is 0 Å². The summed E-state index contributed by atoms with van der Waals surface area (Å²) in [6.45, 7) is 1.99. The predicted molar refractivity (Wildman–Crippen MR) is 84.1 cm³/mol. The van der Waals surface area contributed by atoms with Crippen molar-refractivity contribution in [3.05, 3.63) is 65.2 Å². The molecule has 3 heteroatoms. The zero-order valence-corrected chi connectivity index (χ0v) is 12.4. The van der Waals surface area contributed by atoms with Crippen LogP contribution < -0.4 is 9.47 Å². The summed E-state index contributed by atoms with van der Waals surface area (Å²) in [5.41, 5.74) is 2.70. The van der Waals surface area contributed by atoms with Gasteiger partial charge < -0.3 is 9.47 Å². The van der Waals surface area contributed by atoms with Gasteiger partial charge in [-0.2, -0.15) is 0 Å². The molecule has 2 aromatic carbocycles. The fourth-order valence-corrected chi connectivity index (χ4v) is 1.94. The van der Waals surface area contributed by atoms with E-state index in [1.165, 1.54) is 0 Å². The highest BCUT2D eigenvalue weighted by molar-refractivity contribution is 6.06. The van der Waals surface area contributed by atoms with Crippen LogP contribution in [0.3, 0.4) is 0 Å². The average molecular weight is 282 g/mol. The number of ether oxygens (including phenoxy) is 2. The lowest BCUT2D eigenvalue weighted by Crippen LogP contribution is -1.94. The summed E-state index contributed by atoms with van der Waals surface area (Å²) in [6.07, 6.45) is 3.33. The van der Waals surface area contributed by atoms with Gasteiger partial charge in [-0.1, -0.05) is 42.0 Å². The molecule has 0 radical (unpaired) electrons. The van der Waals surface area contributed by atoms with E-state index in [0.29, 0.717) is 17.1 Å². The molecule has 0 unspecified atom stereocenters. The maximum absolute atomic E-state index is 12.1. The molecule has 21 heavy (non-hydrogen) atoms. The molecule has 0 amide bonds. The first kappa shape index (κ1) is 14.9. The molecule has 3 nitrogen and oxygen atoms in total. The highest BCUT2D eigenvalue weighted by Gasteiger charge is 2.04. The first-order valence-corrected chi connectivity index (χ1v) is 6.65. The minimum Gasteiger partial charge on any atom is -0.493 e. The first-order chi connectivity index (χ1) is 10.1. The van der Waals surface area contributed by atoms with Crippen LogP contribution in [0, 0.1) is 6.92 Å². The first-order valence-electron chi connectivity index (χ1n) is 6.65. The van der Waals surface area contributed by atoms with Gasteiger partial charge in [0.05, 0.1) is 14.2 Å². The molecule has 0 aliphatic heterocycles. The van der Waals surface area contributed by atoms with Gasteiger partial charge in [-0.25, -0.2) is 0 Å². The molecular weight excluding hydrogens is 264 g/mol. The van der Waals surface area contributed by atoms with E-state index in [9.17, 15) is 4.79 Å². The Morgan fingerprint density at radius 3 is 2.24 bits per heavy atom. The van der Waals surface area contributed by atoms with Gasteiger partial charge in [0.25, 0.3) is 0 Å². The van der Waals surface area contributed by atoms with Crippen molar-refractivity contribution < 1.29 is 14.3 Å². The maximum Gasteiger partial charge on any atom is 0.185 e. The molecule has 2 rings (SSSR count). The molecule has 0 aliphatic carbocycles. The summed E-state index contributed by atoms with van der Waals surface area (Å²) in [6, 6.07) is 13.0. The second-order valence-corrected chi connectivity index (χ2v) is 4.68. The Hall–Kier alpha value is -2.55. The minimum absolute atomic E-state index is 0.0233. The van der Waals surface area contributed by atoms with Gasteiger partial charge in [-0.15, -0.1) is 0 Å². The third-order valence-electron chi connectivity index (χ3n) is 3.17. The largest absolute Gasteiger partial charge is 0.493 e. The molecule has 0 fully saturated rings. The van der Waals surface area contributed by atoms with Crippen LogP contribution in [0.4, 0.5) is 0 Å². The molecule has 2 aromatic rings. The molecular formula is C18H18O3. The molecule has 0 spiro atoms. The zero-order valence-electron chi connectivity index (χ0n) is 12.4. The Morgan fingerprint density at radius 1 is 0.952 bits per heavy atom. The molecule has 0 aromatic heterocycles. The van der Waals surface area contributed by atoms with Crippen molar-refractivity contribution in [3.63, 3.8) is 0 Å². The molecule has 0 heterocycles. The van der Waals surface area contributed by atoms with Gasteiger partial charge >= 0.3 is 0 Å². The lowest BCUT2D eigenvalue weighted by Gasteiger charge is -2.07. The van der Waals surface area contributed by atoms with Crippen LogP contribution in [0.5, 0.6) is 11.5 Å². The number of aryl methyl sites for hydroxylation is 1. The molecule has 108 valence electrons. The average Bonchev–Trinajstić information content (AvgIpc) is 2.52. The summed E-state index contributed by atoms with van der Waals surface area (Å²) in [4.78, 5) is 12.1. The Kier molecular flexibility index (Phi) is 4.77. The number of hydrogen-bond donors (Lipinski definition) is 0. The highest BCUT2D eigenvalue weighted by Crippen LogP contribution is 2.28. The smallest absolute Gasteiger partial charge is 0.185 e. The summed E-state index contributed by atoms with van der Waals surface area (Å²) in [5, 5.41) is 0. The number of allylic oxidation sites excluding steroid dienone is 1. The Morgan fingerprint density at radius 2 is 1.62 bits per heavy atom. The molecule has 0 bridgehead atoms. The van der Waals surface area contributed by atoms with Crippen LogP contribution in [0.25, 0.3) is 6.08 Å². The number of hydrogen-bond acceptors (Lipinski definition) is 3. The maximum atomic E-state index is 12.1. The van der Waals surface area contributed by atoms with Gasteiger partial charge in [0.2, 0.25) is 0 Å². The summed E-state index contributed by atoms with van der Waals surface area (Å²) >= 11 is 0. The van der Waals surface area contributed by atoms with Gasteiger partial charge in [-0.05, 0) is 30.7 Å². The van der Waals surface area contributed by atoms with Crippen molar-refractivity contribution in [2.45, 2.75) is 6.92 Å². The molecule has 0 aliphatic rings. The molecule has 0 saturated heterocycles. The van der Waals surface area contributed by atoms with Crippen molar-refractivity contribution in [1.82, 2.24) is 0 Å². The molecule has 0 saturated carbocycles. The second-order valence-electron chi connectivity index (χ2n) is 4.68. The monoisotopic (exact) mass is 282 g/mol. The molecule has 0 atom stereocenters. The predicted octanol–water partition coefficient (Wildman–Crippen LogP) is 3.91. The lowest BCUT2D eigenvalue weighted by molar-refractivity contribution is 0.104. The number of carbonyl (C=O) groups excluding carboxylic acids is 1. The Labute approximate surface area is 124 Å². The second kappa shape index (κ2) is 6.75. The third kappa shape index (κ3) is 3.72. The van der Waals surface area contributed by atoms with E-state index in [4.69, 9.17) is 9.47 Å². The Balaban J connectivity index is 2.17. The molecule has 0 N–H and O–H groups in total. The van der Waals surface area contributed by atoms with E-state index < -0.39 is 0 Å². The topological polar surface area (TPSA) is 35.5 Å². The van der Waals surface area contributed by atoms with E-state index in [1.54, 1.807) is 26.4 Å². The van der Waals surface area contributed by atoms with Crippen molar-refractivity contribution in [3.8, 4) is 11.5 Å². The Bertz CT molecular complexity index is 655. The van der Waals surface area contributed by atoms with Gasteiger partial charge in [0.1, 0.15) is 0 Å². The van der Waals surface area contributed by atoms with Crippen molar-refractivity contribution >= 4 is 11.9 Å². The minimum atomic E-state index is -0.0233. The third-order valence-corrected chi connectivity index (χ3v) is 3.17. The van der Waals surface area contributed by atoms with E-state index in [0.717, 1.165) is 11.1 Å². The summed E-state index contributed by atoms with van der Waals surface area (Å²) < 4.78 is 10.4. The standard InChI is InChI=1S/C18H18O3/c1-13-4-8-15(9-5-13)16(19)10-6-14-7-11-17(20-2)18(12-14)21-3/h4-12H,1-3H3/b10-6-. The van der Waals surface area contributed by atoms with Crippen LogP contribution in [0.1, 0.15) is 21.5 Å². The van der Waals surface area contributed by atoms with Crippen molar-refractivity contribution in [2.75, 3.05) is 14.2 Å². The fourth-order valence-electron chi connectivity index (χ4n) is 1.94. The number of benzene rings is 2. The van der Waals surface area contributed by atoms with Crippen LogP contribution in [0.15, 0.2) is 48.5 Å². The van der Waals surface area contributed by atoms with Crippen molar-refractivity contribution in [2.24, 2.45) is 0 Å². The lowest BCUT2D eigenvalue weighted by atomic mass is 10.1. The van der Waals surface area contributed by atoms with Gasteiger partial charge in [0, 0.05) is 5.56 Å². The normalized spacial score (nSPS) is 10.6. The quantitative estimate of drug-likeness (QED) is 0.616. The number of methoxy groups -OCH3 is 2. The summed E-state index contributed by atoms with van der Waals surface area (Å²) in [5.74, 6) is 1.28. The number of carbonyl (C=O) groups is 1. The van der Waals surface area contributed by atoms with Crippen LogP contribution in [-0.4, -0.2) is 20.0 Å². The number of ketones is 1.